The third-order valence-corrected chi connectivity index (χ3v) is 5.75. The molecule has 0 bridgehead atoms. The van der Waals surface area contributed by atoms with Crippen LogP contribution >= 0.6 is 0 Å². The molecule has 0 unspecified atom stereocenters. The first-order valence-electron chi connectivity index (χ1n) is 10.8. The van der Waals surface area contributed by atoms with Crippen molar-refractivity contribution in [2.24, 2.45) is 0 Å². The lowest BCUT2D eigenvalue weighted by Crippen LogP contribution is -2.16. The molecule has 2 aliphatic rings. The van der Waals surface area contributed by atoms with Crippen LogP contribution in [0.15, 0.2) is 48.6 Å². The third-order valence-electron chi connectivity index (χ3n) is 5.75. The fourth-order valence-corrected chi connectivity index (χ4v) is 4.28. The van der Waals surface area contributed by atoms with Gasteiger partial charge in [0, 0.05) is 23.1 Å². The van der Waals surface area contributed by atoms with Gasteiger partial charge in [-0.3, -0.25) is 0 Å². The molecule has 0 amide bonds. The zero-order chi connectivity index (χ0) is 22.8. The summed E-state index contributed by atoms with van der Waals surface area (Å²) >= 11 is 0. The van der Waals surface area contributed by atoms with Gasteiger partial charge in [-0.2, -0.15) is 0 Å². The normalized spacial score (nSPS) is 12.7. The predicted molar refractivity (Wildman–Crippen MR) is 124 cm³/mol. The number of rotatable bonds is 5. The van der Waals surface area contributed by atoms with E-state index in [0.717, 1.165) is 31.2 Å². The number of benzene rings is 2. The van der Waals surface area contributed by atoms with Gasteiger partial charge >= 0.3 is 11.9 Å². The summed E-state index contributed by atoms with van der Waals surface area (Å²) in [7, 11) is 0. The molecule has 4 heteroatoms. The molecule has 0 atom stereocenters. The van der Waals surface area contributed by atoms with Gasteiger partial charge in [-0.05, 0) is 97.2 Å². The molecule has 4 rings (SSSR count). The van der Waals surface area contributed by atoms with Crippen LogP contribution in [-0.4, -0.2) is 18.5 Å². The van der Waals surface area contributed by atoms with E-state index in [1.807, 2.05) is 12.1 Å². The van der Waals surface area contributed by atoms with Crippen LogP contribution in [0.2, 0.25) is 0 Å². The highest BCUT2D eigenvalue weighted by molar-refractivity contribution is 5.89. The lowest BCUT2D eigenvalue weighted by Gasteiger charge is -2.30. The monoisotopic (exact) mass is 426 g/mol. The smallest absolute Gasteiger partial charge is 0.338 e. The summed E-state index contributed by atoms with van der Waals surface area (Å²) in [6.07, 6.45) is 4.16. The van der Waals surface area contributed by atoms with Crippen molar-refractivity contribution in [2.45, 2.75) is 46.0 Å². The van der Waals surface area contributed by atoms with Crippen molar-refractivity contribution >= 4 is 11.9 Å². The van der Waals surface area contributed by atoms with Gasteiger partial charge in [0.1, 0.15) is 12.4 Å². The van der Waals surface area contributed by atoms with Crippen molar-refractivity contribution in [1.29, 1.82) is 0 Å². The summed E-state index contributed by atoms with van der Waals surface area (Å²) in [6.45, 7) is 10.8. The van der Waals surface area contributed by atoms with Crippen molar-refractivity contribution < 1.29 is 19.1 Å². The number of carbonyl (C=O) groups excluding carboxylic acids is 2. The number of carbonyl (C=O) groups is 2. The average Bonchev–Trinajstić information content (AvgIpc) is 2.76. The van der Waals surface area contributed by atoms with Crippen molar-refractivity contribution in [3.63, 3.8) is 0 Å². The Morgan fingerprint density at radius 3 is 1.84 bits per heavy atom. The highest BCUT2D eigenvalue weighted by atomic mass is 16.5. The molecule has 162 valence electrons. The Bertz CT molecular complexity index is 1170. The highest BCUT2D eigenvalue weighted by Gasteiger charge is 2.27. The Kier molecular flexibility index (Phi) is 6.01. The summed E-state index contributed by atoms with van der Waals surface area (Å²) < 4.78 is 10.6. The van der Waals surface area contributed by atoms with Gasteiger partial charge in [0.15, 0.2) is 0 Å². The molecule has 0 saturated heterocycles. The summed E-state index contributed by atoms with van der Waals surface area (Å²) in [5.41, 5.74) is 9.53. The van der Waals surface area contributed by atoms with E-state index < -0.39 is 0 Å². The lowest BCUT2D eigenvalue weighted by atomic mass is 9.75. The largest absolute Gasteiger partial charge is 0.461 e. The Balaban J connectivity index is 1.56. The fourth-order valence-electron chi connectivity index (χ4n) is 4.28. The van der Waals surface area contributed by atoms with Gasteiger partial charge in [-0.15, -0.1) is 0 Å². The van der Waals surface area contributed by atoms with Crippen LogP contribution in [0.3, 0.4) is 0 Å². The van der Waals surface area contributed by atoms with Crippen LogP contribution in [0.1, 0.15) is 48.1 Å². The molecular formula is C28H26O4. The third kappa shape index (κ3) is 4.38. The van der Waals surface area contributed by atoms with Gasteiger partial charge in [0.2, 0.25) is 0 Å². The van der Waals surface area contributed by atoms with E-state index in [4.69, 9.17) is 9.47 Å². The quantitative estimate of drug-likeness (QED) is 0.225. The average molecular weight is 427 g/mol. The number of hydrogen-bond acceptors (Lipinski definition) is 4. The predicted octanol–water partition coefficient (Wildman–Crippen LogP) is 4.89. The first-order chi connectivity index (χ1) is 15.3. The maximum atomic E-state index is 12.0. The molecule has 0 heterocycles. The van der Waals surface area contributed by atoms with Crippen LogP contribution in [0, 0.1) is 11.8 Å². The molecule has 0 N–H and O–H groups in total. The summed E-state index contributed by atoms with van der Waals surface area (Å²) in [5.74, 6) is 6.18. The number of aryl methyl sites for hydroxylation is 4. The molecule has 0 aromatic heterocycles. The molecule has 4 nitrogen and oxygen atoms in total. The van der Waals surface area contributed by atoms with E-state index in [2.05, 4.69) is 37.1 Å². The molecule has 2 aromatic carbocycles. The summed E-state index contributed by atoms with van der Waals surface area (Å²) in [6, 6.07) is 8.35. The van der Waals surface area contributed by atoms with E-state index in [1.165, 1.54) is 33.4 Å². The minimum absolute atomic E-state index is 0.269. The van der Waals surface area contributed by atoms with Crippen LogP contribution in [-0.2, 0) is 40.0 Å². The second kappa shape index (κ2) is 8.88. The topological polar surface area (TPSA) is 52.6 Å². The van der Waals surface area contributed by atoms with E-state index >= 15 is 0 Å². The van der Waals surface area contributed by atoms with E-state index in [1.54, 1.807) is 13.8 Å². The molecule has 2 aromatic rings. The Hall–Kier alpha value is -3.58. The Morgan fingerprint density at radius 2 is 1.34 bits per heavy atom. The zero-order valence-electron chi connectivity index (χ0n) is 18.6. The van der Waals surface area contributed by atoms with Crippen LogP contribution in [0.4, 0.5) is 0 Å². The molecular weight excluding hydrogens is 400 g/mol. The number of esters is 2. The fraction of sp³-hybridized carbons (Fsp3) is 0.286. The Labute approximate surface area is 188 Å². The first-order valence-corrected chi connectivity index (χ1v) is 10.8. The molecule has 0 saturated carbocycles. The number of hydrogen-bond donors (Lipinski definition) is 0. The second-order valence-electron chi connectivity index (χ2n) is 8.42. The van der Waals surface area contributed by atoms with E-state index in [-0.39, 0.29) is 18.5 Å². The molecule has 0 fully saturated rings. The van der Waals surface area contributed by atoms with Gasteiger partial charge in [-0.1, -0.05) is 25.0 Å². The van der Waals surface area contributed by atoms with Gasteiger partial charge < -0.3 is 9.47 Å². The maximum absolute atomic E-state index is 12.0. The van der Waals surface area contributed by atoms with Crippen molar-refractivity contribution in [3.8, 4) is 28.7 Å². The van der Waals surface area contributed by atoms with Crippen molar-refractivity contribution in [1.82, 2.24) is 0 Å². The van der Waals surface area contributed by atoms with Gasteiger partial charge in [0.25, 0.3) is 0 Å². The molecule has 0 spiro atoms. The minimum Gasteiger partial charge on any atom is -0.461 e. The van der Waals surface area contributed by atoms with Gasteiger partial charge in [0.05, 0.1) is 0 Å². The molecule has 0 radical (unpaired) electrons. The van der Waals surface area contributed by atoms with Crippen LogP contribution in [0.5, 0.6) is 5.75 Å². The van der Waals surface area contributed by atoms with Gasteiger partial charge in [-0.25, -0.2) is 9.59 Å². The zero-order valence-corrected chi connectivity index (χ0v) is 18.6. The van der Waals surface area contributed by atoms with Crippen LogP contribution < -0.4 is 4.74 Å². The minimum atomic E-state index is -0.387. The summed E-state index contributed by atoms with van der Waals surface area (Å²) in [5, 5.41) is 0. The standard InChI is InChI=1S/C28H26O4/c1-17(2)27(29)31-12-6-5-7-19-13-20-8-10-22-15-24(32-28(30)18(3)4)16-23-11-9-21(14-19)25(20)26(22)23/h13-16H,1,3,6,8-12H2,2,4H3. The first kappa shape index (κ1) is 21.6. The number of ether oxygens (including phenoxy) is 2. The Morgan fingerprint density at radius 1 is 0.844 bits per heavy atom. The molecule has 0 aliphatic heterocycles. The lowest BCUT2D eigenvalue weighted by molar-refractivity contribution is -0.138. The molecule has 2 aliphatic carbocycles. The highest BCUT2D eigenvalue weighted by Crippen LogP contribution is 2.44. The van der Waals surface area contributed by atoms with Crippen molar-refractivity contribution in [3.05, 3.63) is 76.4 Å². The SMILES string of the molecule is C=C(C)C(=O)OCCC#Cc1cc2c3c(c1)CCc1cc(OC(=O)C(=C)C)cc(c1-3)CC2. The second-order valence-corrected chi connectivity index (χ2v) is 8.42. The van der Waals surface area contributed by atoms with Crippen molar-refractivity contribution in [2.75, 3.05) is 6.61 Å². The molecule has 32 heavy (non-hydrogen) atoms. The van der Waals surface area contributed by atoms with E-state index in [0.29, 0.717) is 23.3 Å². The van der Waals surface area contributed by atoms with Crippen LogP contribution in [0.25, 0.3) is 11.1 Å². The summed E-state index contributed by atoms with van der Waals surface area (Å²) in [4.78, 5) is 23.4. The maximum Gasteiger partial charge on any atom is 0.338 e. The van der Waals surface area contributed by atoms with E-state index in [9.17, 15) is 9.59 Å².